The van der Waals surface area contributed by atoms with Gasteiger partial charge in [-0.15, -0.1) is 5.75 Å². The lowest BCUT2D eigenvalue weighted by molar-refractivity contribution is -0.385. The summed E-state index contributed by atoms with van der Waals surface area (Å²) in [4.78, 5) is 41.1. The molecule has 1 aliphatic rings. The van der Waals surface area contributed by atoms with Gasteiger partial charge < -0.3 is 9.84 Å². The summed E-state index contributed by atoms with van der Waals surface area (Å²) in [6.07, 6.45) is 1.32. The molecule has 9 nitrogen and oxygen atoms in total. The van der Waals surface area contributed by atoms with E-state index >= 15 is 0 Å². The maximum atomic E-state index is 13.4. The van der Waals surface area contributed by atoms with Crippen LogP contribution in [0.15, 0.2) is 69.6 Å². The third-order valence-corrected chi connectivity index (χ3v) is 6.02. The number of fused-ring (bicyclic) bond motifs is 1. The van der Waals surface area contributed by atoms with Crippen LogP contribution in [0.3, 0.4) is 0 Å². The molecule has 32 heavy (non-hydrogen) atoms. The number of carbonyl (C=O) groups is 1. The van der Waals surface area contributed by atoms with E-state index in [4.69, 9.17) is 4.74 Å². The lowest BCUT2D eigenvalue weighted by Crippen LogP contribution is -2.39. The number of benzene rings is 2. The summed E-state index contributed by atoms with van der Waals surface area (Å²) in [5.41, 5.74) is 0.632. The van der Waals surface area contributed by atoms with Crippen LogP contribution in [0, 0.1) is 10.1 Å². The Morgan fingerprint density at radius 2 is 1.97 bits per heavy atom. The minimum absolute atomic E-state index is 0.0182. The number of hydrogen-bond donors (Lipinski definition) is 0. The van der Waals surface area contributed by atoms with E-state index < -0.39 is 28.2 Å². The molecule has 4 rings (SSSR count). The molecule has 0 spiro atoms. The molecule has 0 amide bonds. The maximum Gasteiger partial charge on any atom is 0.338 e. The molecule has 1 atom stereocenters. The average Bonchev–Trinajstić information content (AvgIpc) is 3.08. The van der Waals surface area contributed by atoms with Crippen molar-refractivity contribution in [2.24, 2.45) is 4.99 Å². The number of rotatable bonds is 4. The van der Waals surface area contributed by atoms with E-state index in [1.54, 1.807) is 31.2 Å². The number of thiazole rings is 1. The Kier molecular flexibility index (Phi) is 5.45. The van der Waals surface area contributed by atoms with E-state index in [1.807, 2.05) is 6.07 Å². The van der Waals surface area contributed by atoms with E-state index in [-0.39, 0.29) is 21.4 Å². The zero-order chi connectivity index (χ0) is 23.0. The van der Waals surface area contributed by atoms with Crippen molar-refractivity contribution in [2.75, 3.05) is 7.11 Å². The van der Waals surface area contributed by atoms with Gasteiger partial charge in [0.25, 0.3) is 11.2 Å². The standard InChI is InChI=1S/C22H17N3O6S/c1-12-18(21(28)31-2)19(13-6-4-3-5-7-13)24-20(27)17(32-22(24)23-12)11-14-10-15(25(29)30)8-9-16(14)26/h3-11,19,26H,1-2H3/p-1/b17-11+/t19-/m0/s1. The number of hydrogen-bond acceptors (Lipinski definition) is 8. The van der Waals surface area contributed by atoms with Gasteiger partial charge in [-0.3, -0.25) is 19.5 Å². The van der Waals surface area contributed by atoms with Gasteiger partial charge in [-0.1, -0.05) is 47.7 Å². The Morgan fingerprint density at radius 1 is 1.25 bits per heavy atom. The quantitative estimate of drug-likeness (QED) is 0.336. The smallest absolute Gasteiger partial charge is 0.338 e. The number of nitrogens with zero attached hydrogens (tertiary/aromatic N) is 3. The number of ether oxygens (including phenoxy) is 1. The molecule has 0 N–H and O–H groups in total. The van der Waals surface area contributed by atoms with Gasteiger partial charge in [0.05, 0.1) is 33.9 Å². The SMILES string of the molecule is COC(=O)C1=C(C)N=c2s/c(=C/c3cc([N+](=O)[O-])ccc3[O-])c(=O)n2[C@H]1c1ccccc1. The molecule has 162 valence electrons. The highest BCUT2D eigenvalue weighted by Gasteiger charge is 2.32. The minimum atomic E-state index is -0.765. The molecule has 0 unspecified atom stereocenters. The summed E-state index contributed by atoms with van der Waals surface area (Å²) in [5.74, 6) is -1.05. The predicted octanol–water partition coefficient (Wildman–Crippen LogP) is 1.39. The summed E-state index contributed by atoms with van der Waals surface area (Å²) in [6, 6.07) is 11.6. The molecule has 0 radical (unpaired) electrons. The monoisotopic (exact) mass is 450 g/mol. The fourth-order valence-corrected chi connectivity index (χ4v) is 4.58. The third kappa shape index (κ3) is 3.60. The lowest BCUT2D eigenvalue weighted by atomic mass is 9.96. The number of nitro groups is 1. The second-order valence-corrected chi connectivity index (χ2v) is 7.97. The van der Waals surface area contributed by atoms with Crippen molar-refractivity contribution in [3.8, 4) is 5.75 Å². The van der Waals surface area contributed by atoms with Crippen molar-refractivity contribution in [1.82, 2.24) is 4.57 Å². The van der Waals surface area contributed by atoms with Crippen molar-refractivity contribution in [3.63, 3.8) is 0 Å². The Labute approximate surface area is 185 Å². The van der Waals surface area contributed by atoms with Crippen LogP contribution in [0.4, 0.5) is 5.69 Å². The van der Waals surface area contributed by atoms with Crippen LogP contribution in [-0.2, 0) is 9.53 Å². The predicted molar refractivity (Wildman–Crippen MR) is 115 cm³/mol. The van der Waals surface area contributed by atoms with Crippen molar-refractivity contribution >= 4 is 29.1 Å². The van der Waals surface area contributed by atoms with Crippen LogP contribution in [0.25, 0.3) is 6.08 Å². The molecular weight excluding hydrogens is 434 g/mol. The highest BCUT2D eigenvalue weighted by Crippen LogP contribution is 2.30. The van der Waals surface area contributed by atoms with Crippen molar-refractivity contribution in [1.29, 1.82) is 0 Å². The van der Waals surface area contributed by atoms with Crippen LogP contribution >= 0.6 is 11.3 Å². The molecule has 0 aliphatic carbocycles. The Bertz CT molecular complexity index is 1450. The van der Waals surface area contributed by atoms with Gasteiger partial charge in [-0.05, 0) is 24.1 Å². The third-order valence-electron chi connectivity index (χ3n) is 5.03. The van der Waals surface area contributed by atoms with Gasteiger partial charge in [0.15, 0.2) is 4.80 Å². The molecule has 1 aromatic heterocycles. The molecule has 1 aliphatic heterocycles. The van der Waals surface area contributed by atoms with Crippen LogP contribution < -0.4 is 20.0 Å². The van der Waals surface area contributed by atoms with Gasteiger partial charge in [0.1, 0.15) is 0 Å². The number of allylic oxidation sites excluding steroid dienone is 1. The number of aromatic nitrogens is 1. The summed E-state index contributed by atoms with van der Waals surface area (Å²) in [7, 11) is 1.26. The first kappa shape index (κ1) is 21.2. The highest BCUT2D eigenvalue weighted by molar-refractivity contribution is 7.07. The molecule has 0 saturated carbocycles. The normalized spacial score (nSPS) is 15.8. The molecule has 2 heterocycles. The summed E-state index contributed by atoms with van der Waals surface area (Å²) < 4.78 is 6.49. The molecule has 10 heteroatoms. The van der Waals surface area contributed by atoms with Crippen LogP contribution in [0.2, 0.25) is 0 Å². The second-order valence-electron chi connectivity index (χ2n) is 6.96. The van der Waals surface area contributed by atoms with E-state index in [0.29, 0.717) is 16.1 Å². The minimum Gasteiger partial charge on any atom is -0.872 e. The molecular formula is C22H16N3O6S-. The van der Waals surface area contributed by atoms with Gasteiger partial charge in [-0.2, -0.15) is 0 Å². The zero-order valence-electron chi connectivity index (χ0n) is 17.0. The number of methoxy groups -OCH3 is 1. The Hall–Kier alpha value is -4.05. The molecule has 0 bridgehead atoms. The molecule has 0 saturated heterocycles. The Morgan fingerprint density at radius 3 is 2.62 bits per heavy atom. The fourth-order valence-electron chi connectivity index (χ4n) is 3.55. The highest BCUT2D eigenvalue weighted by atomic mass is 32.1. The van der Waals surface area contributed by atoms with E-state index in [0.717, 1.165) is 29.5 Å². The van der Waals surface area contributed by atoms with E-state index in [9.17, 15) is 24.8 Å². The van der Waals surface area contributed by atoms with Gasteiger partial charge in [-0.25, -0.2) is 9.79 Å². The van der Waals surface area contributed by atoms with Gasteiger partial charge in [0, 0.05) is 12.1 Å². The molecule has 3 aromatic rings. The van der Waals surface area contributed by atoms with Gasteiger partial charge >= 0.3 is 5.97 Å². The molecule has 2 aromatic carbocycles. The van der Waals surface area contributed by atoms with E-state index in [1.165, 1.54) is 17.8 Å². The fraction of sp³-hybridized carbons (Fsp3) is 0.136. The van der Waals surface area contributed by atoms with Crippen LogP contribution in [0.5, 0.6) is 5.75 Å². The first-order valence-electron chi connectivity index (χ1n) is 9.43. The second kappa shape index (κ2) is 8.23. The van der Waals surface area contributed by atoms with Crippen LogP contribution in [0.1, 0.15) is 24.1 Å². The van der Waals surface area contributed by atoms with Crippen molar-refractivity contribution in [3.05, 3.63) is 101 Å². The first-order chi connectivity index (χ1) is 15.3. The van der Waals surface area contributed by atoms with Crippen molar-refractivity contribution < 1.29 is 19.6 Å². The van der Waals surface area contributed by atoms with Crippen molar-refractivity contribution in [2.45, 2.75) is 13.0 Å². The average molecular weight is 450 g/mol. The largest absolute Gasteiger partial charge is 0.872 e. The number of carbonyl (C=O) groups excluding carboxylic acids is 1. The van der Waals surface area contributed by atoms with E-state index in [2.05, 4.69) is 4.99 Å². The van der Waals surface area contributed by atoms with Gasteiger partial charge in [0.2, 0.25) is 0 Å². The molecule has 0 fully saturated rings. The number of esters is 1. The lowest BCUT2D eigenvalue weighted by Gasteiger charge is -2.24. The van der Waals surface area contributed by atoms with Crippen LogP contribution in [-0.4, -0.2) is 22.6 Å². The summed E-state index contributed by atoms with van der Waals surface area (Å²) in [6.45, 7) is 1.66. The topological polar surface area (TPSA) is 127 Å². The summed E-state index contributed by atoms with van der Waals surface area (Å²) >= 11 is 1.04. The number of non-ortho nitro benzene ring substituents is 1. The summed E-state index contributed by atoms with van der Waals surface area (Å²) in [5, 5.41) is 23.3. The Balaban J connectivity index is 1.98. The maximum absolute atomic E-state index is 13.4. The zero-order valence-corrected chi connectivity index (χ0v) is 17.8. The number of nitro benzene ring substituents is 1. The first-order valence-corrected chi connectivity index (χ1v) is 10.2.